The monoisotopic (exact) mass is 301 g/mol. The van der Waals surface area contributed by atoms with Gasteiger partial charge in [0.1, 0.15) is 11.7 Å². The highest BCUT2D eigenvalue weighted by molar-refractivity contribution is 6.30. The average molecular weight is 302 g/mol. The van der Waals surface area contributed by atoms with Crippen molar-refractivity contribution in [1.29, 1.82) is 0 Å². The van der Waals surface area contributed by atoms with Gasteiger partial charge in [-0.05, 0) is 25.1 Å². The lowest BCUT2D eigenvalue weighted by atomic mass is 10.1. The third kappa shape index (κ3) is 3.84. The zero-order chi connectivity index (χ0) is 15.3. The third-order valence-electron chi connectivity index (χ3n) is 2.95. The Hall–Kier alpha value is -1.82. The minimum absolute atomic E-state index is 0.0211. The number of benzene rings is 1. The predicted molar refractivity (Wildman–Crippen MR) is 75.6 cm³/mol. The van der Waals surface area contributed by atoms with Crippen LogP contribution in [0.5, 0.6) is 0 Å². The van der Waals surface area contributed by atoms with Gasteiger partial charge in [-0.1, -0.05) is 23.7 Å². The molecule has 0 heterocycles. The maximum absolute atomic E-state index is 13.7. The predicted octanol–water partition coefficient (Wildman–Crippen LogP) is 2.32. The molecule has 0 saturated heterocycles. The maximum Gasteiger partial charge on any atom is 0.256 e. The third-order valence-corrected chi connectivity index (χ3v) is 3.18. The Morgan fingerprint density at radius 3 is 2.75 bits per heavy atom. The lowest BCUT2D eigenvalue weighted by Gasteiger charge is -2.24. The summed E-state index contributed by atoms with van der Waals surface area (Å²) in [5, 5.41) is 11.7. The topological polar surface area (TPSA) is 78.9 Å². The first-order chi connectivity index (χ1) is 9.40. The Morgan fingerprint density at radius 2 is 2.25 bits per heavy atom. The van der Waals surface area contributed by atoms with E-state index in [9.17, 15) is 9.18 Å². The minimum Gasteiger partial charge on any atom is -0.409 e. The molecule has 1 atom stereocenters. The van der Waals surface area contributed by atoms with Crippen LogP contribution in [0, 0.1) is 11.7 Å². The van der Waals surface area contributed by atoms with Crippen LogP contribution in [0.25, 0.3) is 0 Å². The number of carbonyl (C=O) groups is 1. The van der Waals surface area contributed by atoms with Crippen LogP contribution in [0.2, 0.25) is 5.02 Å². The van der Waals surface area contributed by atoms with Gasteiger partial charge < -0.3 is 15.8 Å². The van der Waals surface area contributed by atoms with Crippen molar-refractivity contribution in [3.05, 3.63) is 34.6 Å². The highest BCUT2D eigenvalue weighted by Crippen LogP contribution is 2.17. The second-order valence-corrected chi connectivity index (χ2v) is 4.83. The number of nitrogens with zero attached hydrogens (tertiary/aromatic N) is 2. The Bertz CT molecular complexity index is 522. The van der Waals surface area contributed by atoms with Gasteiger partial charge in [-0.15, -0.1) is 0 Å². The molecular weight excluding hydrogens is 285 g/mol. The van der Waals surface area contributed by atoms with E-state index in [2.05, 4.69) is 5.16 Å². The largest absolute Gasteiger partial charge is 0.409 e. The fraction of sp³-hybridized carbons (Fsp3) is 0.385. The van der Waals surface area contributed by atoms with Crippen LogP contribution in [-0.4, -0.2) is 34.9 Å². The average Bonchev–Trinajstić information content (AvgIpc) is 2.42. The van der Waals surface area contributed by atoms with Gasteiger partial charge in [-0.2, -0.15) is 0 Å². The van der Waals surface area contributed by atoms with E-state index in [1.54, 1.807) is 13.8 Å². The lowest BCUT2D eigenvalue weighted by molar-refractivity contribution is 0.0749. The number of oxime groups is 1. The summed E-state index contributed by atoms with van der Waals surface area (Å²) in [4.78, 5) is 13.7. The van der Waals surface area contributed by atoms with Crippen molar-refractivity contribution >= 4 is 23.3 Å². The van der Waals surface area contributed by atoms with Crippen LogP contribution < -0.4 is 5.73 Å². The normalized spacial score (nSPS) is 13.1. The molecule has 0 aliphatic heterocycles. The van der Waals surface area contributed by atoms with Gasteiger partial charge in [0.15, 0.2) is 0 Å². The molecule has 1 aromatic rings. The number of hydrogen-bond acceptors (Lipinski definition) is 3. The molecule has 0 aromatic heterocycles. The SMILES string of the molecule is CCN(CC(C)C(N)=NO)C(=O)c1ccc(Cl)cc1F. The van der Waals surface area contributed by atoms with Gasteiger partial charge in [0.05, 0.1) is 5.56 Å². The van der Waals surface area contributed by atoms with Crippen molar-refractivity contribution in [3.8, 4) is 0 Å². The summed E-state index contributed by atoms with van der Waals surface area (Å²) in [5.74, 6) is -1.44. The zero-order valence-electron chi connectivity index (χ0n) is 11.3. The molecule has 1 aromatic carbocycles. The second kappa shape index (κ2) is 7.09. The second-order valence-electron chi connectivity index (χ2n) is 4.39. The van der Waals surface area contributed by atoms with Gasteiger partial charge >= 0.3 is 0 Å². The van der Waals surface area contributed by atoms with Crippen molar-refractivity contribution in [2.45, 2.75) is 13.8 Å². The van der Waals surface area contributed by atoms with E-state index in [1.807, 2.05) is 0 Å². The number of amides is 1. The Kier molecular flexibility index (Phi) is 5.76. The molecule has 0 spiro atoms. The molecule has 0 fully saturated rings. The first-order valence-corrected chi connectivity index (χ1v) is 6.50. The molecule has 0 saturated carbocycles. The van der Waals surface area contributed by atoms with Crippen LogP contribution >= 0.6 is 11.6 Å². The fourth-order valence-electron chi connectivity index (χ4n) is 1.71. The highest BCUT2D eigenvalue weighted by Gasteiger charge is 2.21. The maximum atomic E-state index is 13.7. The molecular formula is C13H17ClFN3O2. The lowest BCUT2D eigenvalue weighted by Crippen LogP contribution is -2.39. The van der Waals surface area contributed by atoms with Crippen molar-refractivity contribution in [2.75, 3.05) is 13.1 Å². The summed E-state index contributed by atoms with van der Waals surface area (Å²) in [6.45, 7) is 4.09. The molecule has 0 bridgehead atoms. The summed E-state index contributed by atoms with van der Waals surface area (Å²) in [6, 6.07) is 3.89. The summed E-state index contributed by atoms with van der Waals surface area (Å²) in [5.41, 5.74) is 5.43. The quantitative estimate of drug-likeness (QED) is 0.379. The minimum atomic E-state index is -0.669. The molecule has 0 aliphatic carbocycles. The van der Waals surface area contributed by atoms with Crippen LogP contribution in [0.4, 0.5) is 4.39 Å². The highest BCUT2D eigenvalue weighted by atomic mass is 35.5. The smallest absolute Gasteiger partial charge is 0.256 e. The number of amidine groups is 1. The number of rotatable bonds is 5. The van der Waals surface area contributed by atoms with Crippen molar-refractivity contribution in [3.63, 3.8) is 0 Å². The summed E-state index contributed by atoms with van der Waals surface area (Å²) in [6.07, 6.45) is 0. The fourth-order valence-corrected chi connectivity index (χ4v) is 1.87. The molecule has 1 rings (SSSR count). The van der Waals surface area contributed by atoms with Gasteiger partial charge in [0.25, 0.3) is 5.91 Å². The zero-order valence-corrected chi connectivity index (χ0v) is 12.1. The van der Waals surface area contributed by atoms with E-state index >= 15 is 0 Å². The molecule has 7 heteroatoms. The molecule has 1 amide bonds. The van der Waals surface area contributed by atoms with Crippen LogP contribution in [0.3, 0.4) is 0 Å². The Balaban J connectivity index is 2.92. The summed E-state index contributed by atoms with van der Waals surface area (Å²) < 4.78 is 13.7. The van der Waals surface area contributed by atoms with Crippen molar-refractivity contribution in [2.24, 2.45) is 16.8 Å². The summed E-state index contributed by atoms with van der Waals surface area (Å²) >= 11 is 5.65. The molecule has 20 heavy (non-hydrogen) atoms. The Morgan fingerprint density at radius 1 is 1.60 bits per heavy atom. The molecule has 1 unspecified atom stereocenters. The van der Waals surface area contributed by atoms with Gasteiger partial charge in [-0.3, -0.25) is 4.79 Å². The first-order valence-electron chi connectivity index (χ1n) is 6.12. The van der Waals surface area contributed by atoms with E-state index < -0.39 is 11.7 Å². The van der Waals surface area contributed by atoms with E-state index in [1.165, 1.54) is 17.0 Å². The van der Waals surface area contributed by atoms with Crippen LogP contribution in [-0.2, 0) is 0 Å². The van der Waals surface area contributed by atoms with Gasteiger partial charge in [0.2, 0.25) is 0 Å². The van der Waals surface area contributed by atoms with Gasteiger partial charge in [0, 0.05) is 24.0 Å². The van der Waals surface area contributed by atoms with Gasteiger partial charge in [-0.25, -0.2) is 4.39 Å². The molecule has 5 nitrogen and oxygen atoms in total. The molecule has 110 valence electrons. The van der Waals surface area contributed by atoms with E-state index in [4.69, 9.17) is 22.5 Å². The molecule has 3 N–H and O–H groups in total. The van der Waals surface area contributed by atoms with Crippen molar-refractivity contribution < 1.29 is 14.4 Å². The van der Waals surface area contributed by atoms with Crippen molar-refractivity contribution in [1.82, 2.24) is 4.90 Å². The van der Waals surface area contributed by atoms with Crippen LogP contribution in [0.15, 0.2) is 23.4 Å². The number of hydrogen-bond donors (Lipinski definition) is 2. The number of nitrogens with two attached hydrogens (primary N) is 1. The summed E-state index contributed by atoms with van der Waals surface area (Å²) in [7, 11) is 0. The number of halogens is 2. The van der Waals surface area contributed by atoms with E-state index in [-0.39, 0.29) is 28.9 Å². The van der Waals surface area contributed by atoms with E-state index in [0.29, 0.717) is 6.54 Å². The van der Waals surface area contributed by atoms with E-state index in [0.717, 1.165) is 6.07 Å². The number of carbonyl (C=O) groups excluding carboxylic acids is 1. The first kappa shape index (κ1) is 16.2. The standard InChI is InChI=1S/C13H17ClFN3O2/c1-3-18(7-8(2)12(16)17-20)13(19)10-5-4-9(14)6-11(10)15/h4-6,8,20H,3,7H2,1-2H3,(H2,16,17). The van der Waals surface area contributed by atoms with Crippen LogP contribution in [0.1, 0.15) is 24.2 Å². The molecule has 0 radical (unpaired) electrons. The Labute approximate surface area is 121 Å². The molecule has 0 aliphatic rings.